The third kappa shape index (κ3) is 6.05. The Labute approximate surface area is 200 Å². The number of thioether (sulfide) groups is 1. The summed E-state index contributed by atoms with van der Waals surface area (Å²) >= 11 is 1.62. The van der Waals surface area contributed by atoms with Crippen molar-refractivity contribution in [3.8, 4) is 0 Å². The number of hydrogen-bond acceptors (Lipinski definition) is 4. The van der Waals surface area contributed by atoms with Crippen LogP contribution in [0.2, 0.25) is 0 Å². The molecule has 3 aromatic carbocycles. The van der Waals surface area contributed by atoms with E-state index in [0.29, 0.717) is 24.3 Å². The van der Waals surface area contributed by atoms with Crippen LogP contribution in [0.4, 0.5) is 5.69 Å². The van der Waals surface area contributed by atoms with Gasteiger partial charge in [0.2, 0.25) is 10.0 Å². The number of nitrogens with one attached hydrogen (secondary N) is 1. The third-order valence-corrected chi connectivity index (χ3v) is 8.74. The van der Waals surface area contributed by atoms with Gasteiger partial charge in [-0.15, -0.1) is 11.8 Å². The standard InChI is InChI=1S/C26H28N2O3S2/c29-26(24-12-6-7-13-25(24)32-20-21-10-4-3-5-11-21)27-22-14-16-23(17-15-22)33(30,31)28-18-8-1-2-9-19-28/h3-7,10-17H,1-2,8-9,18-20H2,(H,27,29). The fraction of sp³-hybridized carbons (Fsp3) is 0.269. The Balaban J connectivity index is 1.44. The molecule has 1 aliphatic heterocycles. The summed E-state index contributed by atoms with van der Waals surface area (Å²) in [6.07, 6.45) is 3.94. The first kappa shape index (κ1) is 23.5. The highest BCUT2D eigenvalue weighted by molar-refractivity contribution is 7.98. The van der Waals surface area contributed by atoms with Crippen molar-refractivity contribution in [3.63, 3.8) is 0 Å². The monoisotopic (exact) mass is 480 g/mol. The molecule has 0 spiro atoms. The first-order valence-electron chi connectivity index (χ1n) is 11.2. The Morgan fingerprint density at radius 3 is 2.15 bits per heavy atom. The largest absolute Gasteiger partial charge is 0.322 e. The van der Waals surface area contributed by atoms with Gasteiger partial charge >= 0.3 is 0 Å². The molecule has 4 rings (SSSR count). The van der Waals surface area contributed by atoms with E-state index in [4.69, 9.17) is 0 Å². The Morgan fingerprint density at radius 2 is 1.45 bits per heavy atom. The van der Waals surface area contributed by atoms with Crippen molar-refractivity contribution < 1.29 is 13.2 Å². The molecule has 0 atom stereocenters. The van der Waals surface area contributed by atoms with Crippen LogP contribution < -0.4 is 5.32 Å². The van der Waals surface area contributed by atoms with Gasteiger partial charge in [0.25, 0.3) is 5.91 Å². The topological polar surface area (TPSA) is 66.5 Å². The molecule has 0 aliphatic carbocycles. The fourth-order valence-electron chi connectivity index (χ4n) is 3.86. The van der Waals surface area contributed by atoms with E-state index >= 15 is 0 Å². The van der Waals surface area contributed by atoms with Crippen LogP contribution in [0.3, 0.4) is 0 Å². The van der Waals surface area contributed by atoms with Gasteiger partial charge < -0.3 is 5.32 Å². The summed E-state index contributed by atoms with van der Waals surface area (Å²) in [5.74, 6) is 0.558. The second-order valence-corrected chi connectivity index (χ2v) is 11.0. The summed E-state index contributed by atoms with van der Waals surface area (Å²) in [7, 11) is -3.51. The van der Waals surface area contributed by atoms with E-state index < -0.39 is 10.0 Å². The molecular formula is C26H28N2O3S2. The average Bonchev–Trinajstić information content (AvgIpc) is 3.14. The van der Waals surface area contributed by atoms with Crippen molar-refractivity contribution in [2.45, 2.75) is 41.2 Å². The van der Waals surface area contributed by atoms with E-state index in [1.165, 1.54) is 5.56 Å². The lowest BCUT2D eigenvalue weighted by atomic mass is 10.2. The van der Waals surface area contributed by atoms with Crippen LogP contribution >= 0.6 is 11.8 Å². The second-order valence-electron chi connectivity index (χ2n) is 8.07. The van der Waals surface area contributed by atoms with Gasteiger partial charge in [0.15, 0.2) is 0 Å². The van der Waals surface area contributed by atoms with Crippen LogP contribution in [0.15, 0.2) is 88.7 Å². The van der Waals surface area contributed by atoms with Gasteiger partial charge in [-0.25, -0.2) is 8.42 Å². The first-order valence-corrected chi connectivity index (χ1v) is 13.6. The number of hydrogen-bond donors (Lipinski definition) is 1. The van der Waals surface area contributed by atoms with E-state index in [1.807, 2.05) is 36.4 Å². The molecule has 1 amide bonds. The maximum Gasteiger partial charge on any atom is 0.256 e. The minimum atomic E-state index is -3.51. The lowest BCUT2D eigenvalue weighted by Crippen LogP contribution is -2.31. The smallest absolute Gasteiger partial charge is 0.256 e. The van der Waals surface area contributed by atoms with Gasteiger partial charge in [-0.3, -0.25) is 4.79 Å². The van der Waals surface area contributed by atoms with Gasteiger partial charge in [-0.1, -0.05) is 55.3 Å². The van der Waals surface area contributed by atoms with Crippen LogP contribution in [-0.2, 0) is 15.8 Å². The van der Waals surface area contributed by atoms with E-state index in [1.54, 1.807) is 46.4 Å². The van der Waals surface area contributed by atoms with Crippen LogP contribution in [0.1, 0.15) is 41.6 Å². The van der Waals surface area contributed by atoms with Crippen molar-refractivity contribution in [2.75, 3.05) is 18.4 Å². The fourth-order valence-corrected chi connectivity index (χ4v) is 6.38. The van der Waals surface area contributed by atoms with Crippen LogP contribution in [-0.4, -0.2) is 31.7 Å². The minimum Gasteiger partial charge on any atom is -0.322 e. The Bertz CT molecular complexity index is 1170. The Kier molecular flexibility index (Phi) is 7.85. The number of sulfonamides is 1. The summed E-state index contributed by atoms with van der Waals surface area (Å²) in [6, 6.07) is 24.1. The minimum absolute atomic E-state index is 0.214. The molecule has 3 aromatic rings. The van der Waals surface area contributed by atoms with Gasteiger partial charge in [0.05, 0.1) is 10.5 Å². The van der Waals surface area contributed by atoms with Crippen LogP contribution in [0, 0.1) is 0 Å². The second kappa shape index (κ2) is 11.0. The SMILES string of the molecule is O=C(Nc1ccc(S(=O)(=O)N2CCCCCC2)cc1)c1ccccc1SCc1ccccc1. The number of anilines is 1. The van der Waals surface area contributed by atoms with Crippen molar-refractivity contribution in [2.24, 2.45) is 0 Å². The lowest BCUT2D eigenvalue weighted by Gasteiger charge is -2.20. The summed E-state index contributed by atoms with van der Waals surface area (Å²) in [6.45, 7) is 1.14. The molecule has 7 heteroatoms. The molecule has 0 unspecified atom stereocenters. The number of amides is 1. The van der Waals surface area contributed by atoms with E-state index in [2.05, 4.69) is 17.4 Å². The van der Waals surface area contributed by atoms with Crippen LogP contribution in [0.5, 0.6) is 0 Å². The number of nitrogens with zero attached hydrogens (tertiary/aromatic N) is 1. The summed E-state index contributed by atoms with van der Waals surface area (Å²) in [5.41, 5.74) is 2.36. The highest BCUT2D eigenvalue weighted by Gasteiger charge is 2.25. The molecule has 5 nitrogen and oxygen atoms in total. The van der Waals surface area contributed by atoms with Crippen LogP contribution in [0.25, 0.3) is 0 Å². The molecule has 172 valence electrons. The molecule has 33 heavy (non-hydrogen) atoms. The van der Waals surface area contributed by atoms with E-state index in [-0.39, 0.29) is 10.8 Å². The van der Waals surface area contributed by atoms with Crippen molar-refractivity contribution in [3.05, 3.63) is 90.0 Å². The van der Waals surface area contributed by atoms with Gasteiger partial charge in [0, 0.05) is 29.4 Å². The maximum atomic E-state index is 13.0. The average molecular weight is 481 g/mol. The van der Waals surface area contributed by atoms with Crippen molar-refractivity contribution in [1.29, 1.82) is 0 Å². The molecule has 0 bridgehead atoms. The predicted molar refractivity (Wildman–Crippen MR) is 134 cm³/mol. The summed E-state index contributed by atoms with van der Waals surface area (Å²) in [4.78, 5) is 14.1. The predicted octanol–water partition coefficient (Wildman–Crippen LogP) is 5.80. The Hall–Kier alpha value is -2.61. The summed E-state index contributed by atoms with van der Waals surface area (Å²) in [5, 5.41) is 2.90. The van der Waals surface area contributed by atoms with Gasteiger partial charge in [-0.05, 0) is 54.8 Å². The van der Waals surface area contributed by atoms with Gasteiger partial charge in [0.1, 0.15) is 0 Å². The quantitative estimate of drug-likeness (QED) is 0.434. The zero-order chi connectivity index (χ0) is 23.1. The molecule has 1 heterocycles. The molecule has 0 aromatic heterocycles. The van der Waals surface area contributed by atoms with E-state index in [0.717, 1.165) is 36.3 Å². The maximum absolute atomic E-state index is 13.0. The number of rotatable bonds is 7. The van der Waals surface area contributed by atoms with Crippen molar-refractivity contribution in [1.82, 2.24) is 4.31 Å². The highest BCUT2D eigenvalue weighted by atomic mass is 32.2. The zero-order valence-corrected chi connectivity index (χ0v) is 20.1. The molecule has 1 saturated heterocycles. The normalized spacial score (nSPS) is 15.0. The number of benzene rings is 3. The molecule has 1 aliphatic rings. The number of carbonyl (C=O) groups is 1. The van der Waals surface area contributed by atoms with E-state index in [9.17, 15) is 13.2 Å². The first-order chi connectivity index (χ1) is 16.0. The Morgan fingerprint density at radius 1 is 0.818 bits per heavy atom. The molecule has 1 fully saturated rings. The number of carbonyl (C=O) groups excluding carboxylic acids is 1. The summed E-state index contributed by atoms with van der Waals surface area (Å²) < 4.78 is 27.5. The molecule has 0 saturated carbocycles. The highest BCUT2D eigenvalue weighted by Crippen LogP contribution is 2.27. The lowest BCUT2D eigenvalue weighted by molar-refractivity contribution is 0.102. The van der Waals surface area contributed by atoms with Gasteiger partial charge in [-0.2, -0.15) is 4.31 Å². The third-order valence-electron chi connectivity index (χ3n) is 5.68. The molecular weight excluding hydrogens is 452 g/mol. The molecule has 1 N–H and O–H groups in total. The molecule has 0 radical (unpaired) electrons. The van der Waals surface area contributed by atoms with Crippen molar-refractivity contribution >= 4 is 33.4 Å². The zero-order valence-electron chi connectivity index (χ0n) is 18.4.